The lowest BCUT2D eigenvalue weighted by Crippen LogP contribution is -2.39. The minimum atomic E-state index is -0.578. The molecule has 5 rings (SSSR count). The quantitative estimate of drug-likeness (QED) is 0.289. The van der Waals surface area contributed by atoms with E-state index in [9.17, 15) is 5.11 Å². The van der Waals surface area contributed by atoms with Gasteiger partial charge in [0.1, 0.15) is 5.15 Å². The number of hydrogen-bond donors (Lipinski definition) is 2. The summed E-state index contributed by atoms with van der Waals surface area (Å²) in [5.74, 6) is 0.00624. The molecule has 0 amide bonds. The molecule has 4 unspecified atom stereocenters. The van der Waals surface area contributed by atoms with E-state index in [4.69, 9.17) is 38.4 Å². The first-order chi connectivity index (χ1) is 18.0. The van der Waals surface area contributed by atoms with Crippen molar-refractivity contribution in [2.45, 2.75) is 45.1 Å². The Morgan fingerprint density at radius 1 is 0.919 bits per heavy atom. The number of benzene rings is 3. The number of rotatable bonds is 7. The molecule has 0 spiro atoms. The lowest BCUT2D eigenvalue weighted by atomic mass is 9.90. The van der Waals surface area contributed by atoms with Gasteiger partial charge in [0, 0.05) is 18.0 Å². The highest BCUT2D eigenvalue weighted by Crippen LogP contribution is 2.42. The predicted octanol–water partition coefficient (Wildman–Crippen LogP) is 6.30. The van der Waals surface area contributed by atoms with Crippen molar-refractivity contribution in [3.8, 4) is 11.1 Å². The molecule has 4 aromatic rings. The van der Waals surface area contributed by atoms with Gasteiger partial charge in [-0.3, -0.25) is 0 Å². The van der Waals surface area contributed by atoms with Crippen molar-refractivity contribution in [2.75, 3.05) is 0 Å². The van der Waals surface area contributed by atoms with Crippen LogP contribution in [0.1, 0.15) is 41.6 Å². The Kier molecular flexibility index (Phi) is 7.95. The Bertz CT molecular complexity index is 1340. The SMILES string of the molecule is CC1C(Cn2cnc(Cl)c2Cl)OC(c2ccc(-c3cccc(CN)c3)cc2)OC1c1ccc(CO)cc1. The number of aliphatic hydroxyl groups excluding tert-OH is 1. The molecule has 1 aromatic heterocycles. The lowest BCUT2D eigenvalue weighted by molar-refractivity contribution is -0.276. The largest absolute Gasteiger partial charge is 0.392 e. The van der Waals surface area contributed by atoms with Gasteiger partial charge in [-0.15, -0.1) is 0 Å². The molecule has 8 heteroatoms. The topological polar surface area (TPSA) is 82.5 Å². The van der Waals surface area contributed by atoms with E-state index in [0.717, 1.165) is 33.4 Å². The monoisotopic (exact) mass is 537 g/mol. The molecule has 37 heavy (non-hydrogen) atoms. The van der Waals surface area contributed by atoms with Crippen LogP contribution in [0.2, 0.25) is 10.3 Å². The third-order valence-electron chi connectivity index (χ3n) is 6.91. The van der Waals surface area contributed by atoms with Crippen molar-refractivity contribution < 1.29 is 14.6 Å². The molecule has 3 N–H and O–H groups in total. The molecule has 2 heterocycles. The highest BCUT2D eigenvalue weighted by Gasteiger charge is 2.38. The molecule has 6 nitrogen and oxygen atoms in total. The molecule has 1 aliphatic heterocycles. The normalized spacial score (nSPS) is 21.8. The number of ether oxygens (including phenoxy) is 2. The van der Waals surface area contributed by atoms with Gasteiger partial charge in [0.15, 0.2) is 11.4 Å². The number of imidazole rings is 1. The summed E-state index contributed by atoms with van der Waals surface area (Å²) in [6, 6.07) is 24.3. The van der Waals surface area contributed by atoms with E-state index in [2.05, 4.69) is 36.2 Å². The third-order valence-corrected chi connectivity index (χ3v) is 7.68. The van der Waals surface area contributed by atoms with Crippen LogP contribution in [0.5, 0.6) is 0 Å². The van der Waals surface area contributed by atoms with Gasteiger partial charge in [0.05, 0.1) is 31.7 Å². The first-order valence-corrected chi connectivity index (χ1v) is 13.0. The Hall–Kier alpha value is -2.71. The average Bonchev–Trinajstić information content (AvgIpc) is 3.26. The zero-order valence-corrected chi connectivity index (χ0v) is 21.9. The molecule has 3 aromatic carbocycles. The van der Waals surface area contributed by atoms with Gasteiger partial charge in [0.25, 0.3) is 0 Å². The van der Waals surface area contributed by atoms with Crippen molar-refractivity contribution in [3.63, 3.8) is 0 Å². The smallest absolute Gasteiger partial charge is 0.184 e. The van der Waals surface area contributed by atoms with Crippen LogP contribution >= 0.6 is 23.2 Å². The Morgan fingerprint density at radius 2 is 1.65 bits per heavy atom. The lowest BCUT2D eigenvalue weighted by Gasteiger charge is -2.41. The van der Waals surface area contributed by atoms with Gasteiger partial charge in [0.2, 0.25) is 0 Å². The van der Waals surface area contributed by atoms with Gasteiger partial charge < -0.3 is 24.9 Å². The number of halogens is 2. The molecule has 1 saturated heterocycles. The van der Waals surface area contributed by atoms with Crippen molar-refractivity contribution in [1.29, 1.82) is 0 Å². The number of aliphatic hydroxyl groups is 1. The fraction of sp³-hybridized carbons (Fsp3) is 0.276. The minimum Gasteiger partial charge on any atom is -0.392 e. The van der Waals surface area contributed by atoms with E-state index in [-0.39, 0.29) is 29.9 Å². The molecule has 4 atom stereocenters. The van der Waals surface area contributed by atoms with Crippen LogP contribution in [0.3, 0.4) is 0 Å². The maximum atomic E-state index is 9.46. The molecule has 0 aliphatic carbocycles. The minimum absolute atomic E-state index is 0.00383. The second-order valence-electron chi connectivity index (χ2n) is 9.33. The van der Waals surface area contributed by atoms with E-state index in [1.165, 1.54) is 0 Å². The number of nitrogens with two attached hydrogens (primary N) is 1. The molecular weight excluding hydrogens is 509 g/mol. The van der Waals surface area contributed by atoms with E-state index >= 15 is 0 Å². The maximum absolute atomic E-state index is 9.46. The van der Waals surface area contributed by atoms with Crippen LogP contribution in [-0.4, -0.2) is 20.8 Å². The second-order valence-corrected chi connectivity index (χ2v) is 10.0. The molecule has 0 radical (unpaired) electrons. The zero-order chi connectivity index (χ0) is 25.9. The molecule has 0 saturated carbocycles. The van der Waals surface area contributed by atoms with Crippen molar-refractivity contribution >= 4 is 23.2 Å². The summed E-state index contributed by atoms with van der Waals surface area (Å²) in [7, 11) is 0. The summed E-state index contributed by atoms with van der Waals surface area (Å²) >= 11 is 12.5. The zero-order valence-electron chi connectivity index (χ0n) is 20.4. The van der Waals surface area contributed by atoms with E-state index in [1.807, 2.05) is 48.5 Å². The van der Waals surface area contributed by atoms with Crippen LogP contribution < -0.4 is 5.73 Å². The molecule has 192 valence electrons. The van der Waals surface area contributed by atoms with Crippen LogP contribution in [0.4, 0.5) is 0 Å². The van der Waals surface area contributed by atoms with Gasteiger partial charge in [-0.25, -0.2) is 4.98 Å². The number of hydrogen-bond acceptors (Lipinski definition) is 5. The fourth-order valence-corrected chi connectivity index (χ4v) is 5.02. The Balaban J connectivity index is 1.44. The summed E-state index contributed by atoms with van der Waals surface area (Å²) in [5.41, 5.74) is 11.9. The van der Waals surface area contributed by atoms with Gasteiger partial charge in [-0.1, -0.05) is 96.9 Å². The predicted molar refractivity (Wildman–Crippen MR) is 145 cm³/mol. The van der Waals surface area contributed by atoms with Gasteiger partial charge in [-0.2, -0.15) is 0 Å². The first-order valence-electron chi connectivity index (χ1n) is 12.2. The number of aromatic nitrogens is 2. The summed E-state index contributed by atoms with van der Waals surface area (Å²) in [4.78, 5) is 4.11. The first kappa shape index (κ1) is 25.9. The molecule has 1 fully saturated rings. The standard InChI is InChI=1S/C29H29Cl2N3O3/c1-18-25(15-34-17-33-27(30)28(34)31)36-29(37-26(18)22-7-5-19(16-35)6-8-22)23-11-9-21(10-12-23)24-4-2-3-20(13-24)14-32/h2-13,17-18,25-26,29,35H,14-16,32H2,1H3. The third kappa shape index (κ3) is 5.60. The summed E-state index contributed by atoms with van der Waals surface area (Å²) in [6.45, 7) is 3.08. The Morgan fingerprint density at radius 3 is 2.30 bits per heavy atom. The van der Waals surface area contributed by atoms with Crippen LogP contribution in [0.25, 0.3) is 11.1 Å². The van der Waals surface area contributed by atoms with Gasteiger partial charge in [-0.05, 0) is 33.9 Å². The highest BCUT2D eigenvalue weighted by atomic mass is 35.5. The number of nitrogens with zero attached hydrogens (tertiary/aromatic N) is 2. The van der Waals surface area contributed by atoms with Crippen molar-refractivity contribution in [3.05, 3.63) is 112 Å². The summed E-state index contributed by atoms with van der Waals surface area (Å²) < 4.78 is 14.8. The van der Waals surface area contributed by atoms with E-state index in [1.54, 1.807) is 10.9 Å². The summed E-state index contributed by atoms with van der Waals surface area (Å²) in [5, 5.41) is 10.1. The molecular formula is C29H29Cl2N3O3. The van der Waals surface area contributed by atoms with Crippen LogP contribution in [0.15, 0.2) is 79.1 Å². The average molecular weight is 538 g/mol. The van der Waals surface area contributed by atoms with Crippen molar-refractivity contribution in [2.24, 2.45) is 11.7 Å². The second kappa shape index (κ2) is 11.4. The van der Waals surface area contributed by atoms with Gasteiger partial charge >= 0.3 is 0 Å². The van der Waals surface area contributed by atoms with E-state index < -0.39 is 6.29 Å². The van der Waals surface area contributed by atoms with Crippen molar-refractivity contribution in [1.82, 2.24) is 9.55 Å². The van der Waals surface area contributed by atoms with Crippen LogP contribution in [0, 0.1) is 5.92 Å². The molecule has 1 aliphatic rings. The van der Waals surface area contributed by atoms with E-state index in [0.29, 0.717) is 18.2 Å². The Labute approximate surface area is 226 Å². The highest BCUT2D eigenvalue weighted by molar-refractivity contribution is 6.40. The fourth-order valence-electron chi connectivity index (χ4n) is 4.70. The maximum Gasteiger partial charge on any atom is 0.184 e. The van der Waals surface area contributed by atoms with Crippen LogP contribution in [-0.2, 0) is 29.2 Å². The molecule has 0 bridgehead atoms. The summed E-state index contributed by atoms with van der Waals surface area (Å²) in [6.07, 6.45) is 0.603.